The number of pyridine rings is 1. The number of aromatic nitrogens is 1. The summed E-state index contributed by atoms with van der Waals surface area (Å²) >= 11 is 0. The first-order valence-electron chi connectivity index (χ1n) is 6.60. The molecule has 1 unspecified atom stereocenters. The standard InChI is InChI=1S/C15H15F3N2O2/c1-20(12(8-13(21)22)15(16,17)18)9-11-5-2-4-10-6-3-7-19-14(10)11/h2-7,12H,8-9H2,1H3,(H,21,22). The van der Waals surface area contributed by atoms with Crippen LogP contribution in [0.25, 0.3) is 10.9 Å². The van der Waals surface area contributed by atoms with Crippen LogP contribution >= 0.6 is 0 Å². The van der Waals surface area contributed by atoms with Gasteiger partial charge in [0.15, 0.2) is 0 Å². The second-order valence-corrected chi connectivity index (χ2v) is 5.06. The molecule has 0 radical (unpaired) electrons. The molecule has 7 heteroatoms. The Kier molecular flexibility index (Phi) is 4.65. The van der Waals surface area contributed by atoms with Crippen LogP contribution in [0.3, 0.4) is 0 Å². The van der Waals surface area contributed by atoms with Gasteiger partial charge in [0.25, 0.3) is 0 Å². The van der Waals surface area contributed by atoms with E-state index in [1.165, 1.54) is 7.05 Å². The van der Waals surface area contributed by atoms with E-state index >= 15 is 0 Å². The van der Waals surface area contributed by atoms with Crippen LogP contribution < -0.4 is 0 Å². The van der Waals surface area contributed by atoms with Crippen LogP contribution in [0.2, 0.25) is 0 Å². The van der Waals surface area contributed by atoms with E-state index in [9.17, 15) is 18.0 Å². The molecule has 0 saturated heterocycles. The monoisotopic (exact) mass is 312 g/mol. The number of hydrogen-bond acceptors (Lipinski definition) is 3. The van der Waals surface area contributed by atoms with Crippen LogP contribution in [0.4, 0.5) is 13.2 Å². The average molecular weight is 312 g/mol. The van der Waals surface area contributed by atoms with E-state index in [4.69, 9.17) is 5.11 Å². The van der Waals surface area contributed by atoms with Gasteiger partial charge in [-0.15, -0.1) is 0 Å². The zero-order valence-electron chi connectivity index (χ0n) is 11.8. The van der Waals surface area contributed by atoms with E-state index in [2.05, 4.69) is 4.98 Å². The molecule has 1 aromatic heterocycles. The zero-order chi connectivity index (χ0) is 16.3. The number of carboxylic acid groups (broad SMARTS) is 1. The molecule has 22 heavy (non-hydrogen) atoms. The lowest BCUT2D eigenvalue weighted by molar-refractivity contribution is -0.188. The molecule has 0 aliphatic carbocycles. The molecule has 0 saturated carbocycles. The molecule has 2 aromatic rings. The number of aliphatic carboxylic acids is 1. The molecule has 0 fully saturated rings. The zero-order valence-corrected chi connectivity index (χ0v) is 11.8. The fraction of sp³-hybridized carbons (Fsp3) is 0.333. The largest absolute Gasteiger partial charge is 0.481 e. The molecule has 1 heterocycles. The molecule has 118 valence electrons. The van der Waals surface area contributed by atoms with Gasteiger partial charge in [0.05, 0.1) is 11.9 Å². The highest BCUT2D eigenvalue weighted by molar-refractivity contribution is 5.81. The van der Waals surface area contributed by atoms with Gasteiger partial charge < -0.3 is 5.11 Å². The third-order valence-corrected chi connectivity index (χ3v) is 3.41. The Labute approximate surface area is 125 Å². The number of rotatable bonds is 5. The summed E-state index contributed by atoms with van der Waals surface area (Å²) in [6.45, 7) is -0.0359. The summed E-state index contributed by atoms with van der Waals surface area (Å²) in [4.78, 5) is 15.9. The van der Waals surface area contributed by atoms with Crippen molar-refractivity contribution in [1.29, 1.82) is 0 Å². The first kappa shape index (κ1) is 16.2. The second-order valence-electron chi connectivity index (χ2n) is 5.06. The highest BCUT2D eigenvalue weighted by Crippen LogP contribution is 2.28. The number of carboxylic acids is 1. The Morgan fingerprint density at radius 3 is 2.64 bits per heavy atom. The van der Waals surface area contributed by atoms with Gasteiger partial charge in [-0.05, 0) is 18.7 Å². The highest BCUT2D eigenvalue weighted by Gasteiger charge is 2.43. The smallest absolute Gasteiger partial charge is 0.404 e. The van der Waals surface area contributed by atoms with Crippen molar-refractivity contribution in [2.24, 2.45) is 0 Å². The van der Waals surface area contributed by atoms with Crippen LogP contribution in [-0.4, -0.2) is 40.2 Å². The van der Waals surface area contributed by atoms with Crippen molar-refractivity contribution in [2.45, 2.75) is 25.2 Å². The average Bonchev–Trinajstić information content (AvgIpc) is 2.44. The molecule has 1 N–H and O–H groups in total. The lowest BCUT2D eigenvalue weighted by Gasteiger charge is -2.29. The maximum atomic E-state index is 13.0. The van der Waals surface area contributed by atoms with Gasteiger partial charge in [0.1, 0.15) is 6.04 Å². The molecular weight excluding hydrogens is 297 g/mol. The molecule has 0 bridgehead atoms. The maximum Gasteiger partial charge on any atom is 0.404 e. The number of para-hydroxylation sites is 1. The predicted molar refractivity (Wildman–Crippen MR) is 75.3 cm³/mol. The maximum absolute atomic E-state index is 13.0. The van der Waals surface area contributed by atoms with Crippen molar-refractivity contribution in [1.82, 2.24) is 9.88 Å². The number of fused-ring (bicyclic) bond motifs is 1. The van der Waals surface area contributed by atoms with Crippen LogP contribution in [0.15, 0.2) is 36.5 Å². The number of hydrogen-bond donors (Lipinski definition) is 1. The topological polar surface area (TPSA) is 53.4 Å². The number of alkyl halides is 3. The normalized spacial score (nSPS) is 13.5. The Balaban J connectivity index is 2.28. The van der Waals surface area contributed by atoms with Gasteiger partial charge >= 0.3 is 12.1 Å². The van der Waals surface area contributed by atoms with Crippen molar-refractivity contribution >= 4 is 16.9 Å². The highest BCUT2D eigenvalue weighted by atomic mass is 19.4. The van der Waals surface area contributed by atoms with Gasteiger partial charge in [-0.1, -0.05) is 24.3 Å². The molecule has 0 spiro atoms. The minimum atomic E-state index is -4.61. The van der Waals surface area contributed by atoms with E-state index in [-0.39, 0.29) is 6.54 Å². The van der Waals surface area contributed by atoms with Gasteiger partial charge in [-0.25, -0.2) is 0 Å². The van der Waals surface area contributed by atoms with Crippen molar-refractivity contribution in [3.8, 4) is 0 Å². The summed E-state index contributed by atoms with van der Waals surface area (Å²) in [5.41, 5.74) is 1.24. The van der Waals surface area contributed by atoms with Crippen molar-refractivity contribution in [3.63, 3.8) is 0 Å². The van der Waals surface area contributed by atoms with E-state index < -0.39 is 24.6 Å². The van der Waals surface area contributed by atoms with Gasteiger partial charge in [0, 0.05) is 18.1 Å². The molecule has 0 aliphatic heterocycles. The lowest BCUT2D eigenvalue weighted by Crippen LogP contribution is -2.44. The number of halogens is 3. The summed E-state index contributed by atoms with van der Waals surface area (Å²) in [7, 11) is 1.27. The molecule has 0 amide bonds. The predicted octanol–water partition coefficient (Wildman–Crippen LogP) is 3.07. The molecule has 2 rings (SSSR count). The molecule has 1 atom stereocenters. The van der Waals surface area contributed by atoms with E-state index in [0.717, 1.165) is 10.3 Å². The van der Waals surface area contributed by atoms with Gasteiger partial charge in [-0.3, -0.25) is 14.7 Å². The van der Waals surface area contributed by atoms with Crippen LogP contribution in [-0.2, 0) is 11.3 Å². The van der Waals surface area contributed by atoms with E-state index in [0.29, 0.717) is 11.1 Å². The van der Waals surface area contributed by atoms with E-state index in [1.54, 1.807) is 24.4 Å². The van der Waals surface area contributed by atoms with Crippen LogP contribution in [0.1, 0.15) is 12.0 Å². The van der Waals surface area contributed by atoms with Gasteiger partial charge in [-0.2, -0.15) is 13.2 Å². The fourth-order valence-corrected chi connectivity index (χ4v) is 2.36. The van der Waals surface area contributed by atoms with Crippen molar-refractivity contribution < 1.29 is 23.1 Å². The third kappa shape index (κ3) is 3.73. The van der Waals surface area contributed by atoms with Crippen molar-refractivity contribution in [2.75, 3.05) is 7.05 Å². The number of benzene rings is 1. The summed E-state index contributed by atoms with van der Waals surface area (Å²) in [5, 5.41) is 9.52. The Morgan fingerprint density at radius 1 is 1.32 bits per heavy atom. The first-order valence-corrected chi connectivity index (χ1v) is 6.60. The summed E-state index contributed by atoms with van der Waals surface area (Å²) < 4.78 is 39.1. The number of carbonyl (C=O) groups is 1. The molecule has 0 aliphatic rings. The molecule has 1 aromatic carbocycles. The summed E-state index contributed by atoms with van der Waals surface area (Å²) in [5.74, 6) is -1.48. The Bertz CT molecular complexity index is 668. The second kappa shape index (κ2) is 6.31. The fourth-order valence-electron chi connectivity index (χ4n) is 2.36. The van der Waals surface area contributed by atoms with Crippen LogP contribution in [0.5, 0.6) is 0 Å². The van der Waals surface area contributed by atoms with Crippen LogP contribution in [0, 0.1) is 0 Å². The quantitative estimate of drug-likeness (QED) is 0.922. The Morgan fingerprint density at radius 2 is 2.00 bits per heavy atom. The minimum absolute atomic E-state index is 0.0359. The molecule has 4 nitrogen and oxygen atoms in total. The third-order valence-electron chi connectivity index (χ3n) is 3.41. The summed E-state index contributed by atoms with van der Waals surface area (Å²) in [6.07, 6.45) is -4.02. The van der Waals surface area contributed by atoms with Gasteiger partial charge in [0.2, 0.25) is 0 Å². The number of nitrogens with zero attached hydrogens (tertiary/aromatic N) is 2. The minimum Gasteiger partial charge on any atom is -0.481 e. The SMILES string of the molecule is CN(Cc1cccc2cccnc12)C(CC(=O)O)C(F)(F)F. The van der Waals surface area contributed by atoms with E-state index in [1.807, 2.05) is 12.1 Å². The Hall–Kier alpha value is -2.15. The van der Waals surface area contributed by atoms with Crippen molar-refractivity contribution in [3.05, 3.63) is 42.1 Å². The summed E-state index contributed by atoms with van der Waals surface area (Å²) in [6, 6.07) is 6.80. The first-order chi connectivity index (χ1) is 10.3. The molecular formula is C15H15F3N2O2. The lowest BCUT2D eigenvalue weighted by atomic mass is 10.1.